The van der Waals surface area contributed by atoms with Crippen LogP contribution in [0.4, 0.5) is 0 Å². The standard InChI is InChI=1S/C30H27NO4/c32-26-17-16-24(25(19-26)18-21-10-4-1-5-11-21)20-27(30(34)35)31-29(33)28(22-12-6-2-7-13-22)23-14-8-3-9-15-23/h1-17,19,27-28,32H,18,20H2,(H,31,33)(H,34,35)/t27-/m0/s1. The van der Waals surface area contributed by atoms with Crippen molar-refractivity contribution in [3.05, 3.63) is 137 Å². The molecule has 0 spiro atoms. The van der Waals surface area contributed by atoms with Gasteiger partial charge in [0.2, 0.25) is 5.91 Å². The Balaban J connectivity index is 1.60. The minimum atomic E-state index is -1.13. The van der Waals surface area contributed by atoms with Gasteiger partial charge in [0.15, 0.2) is 0 Å². The average Bonchev–Trinajstić information content (AvgIpc) is 2.87. The van der Waals surface area contributed by atoms with Crippen molar-refractivity contribution in [2.24, 2.45) is 0 Å². The van der Waals surface area contributed by atoms with Crippen LogP contribution in [0.5, 0.6) is 5.75 Å². The quantitative estimate of drug-likeness (QED) is 0.327. The molecule has 0 aliphatic heterocycles. The van der Waals surface area contributed by atoms with Crippen molar-refractivity contribution in [1.82, 2.24) is 5.32 Å². The van der Waals surface area contributed by atoms with Gasteiger partial charge in [0, 0.05) is 6.42 Å². The molecule has 0 aliphatic rings. The number of carbonyl (C=O) groups is 2. The topological polar surface area (TPSA) is 86.6 Å². The number of benzene rings is 4. The van der Waals surface area contributed by atoms with Gasteiger partial charge in [0.1, 0.15) is 11.8 Å². The first-order chi connectivity index (χ1) is 17.0. The van der Waals surface area contributed by atoms with Gasteiger partial charge < -0.3 is 15.5 Å². The highest BCUT2D eigenvalue weighted by molar-refractivity contribution is 5.90. The summed E-state index contributed by atoms with van der Waals surface area (Å²) in [5, 5.41) is 22.8. The number of hydrogen-bond acceptors (Lipinski definition) is 3. The molecule has 0 saturated carbocycles. The minimum Gasteiger partial charge on any atom is -0.508 e. The third kappa shape index (κ3) is 6.15. The molecule has 35 heavy (non-hydrogen) atoms. The van der Waals surface area contributed by atoms with Gasteiger partial charge in [-0.3, -0.25) is 4.79 Å². The predicted molar refractivity (Wildman–Crippen MR) is 135 cm³/mol. The molecule has 0 bridgehead atoms. The Morgan fingerprint density at radius 2 is 1.26 bits per heavy atom. The van der Waals surface area contributed by atoms with E-state index in [1.807, 2.05) is 91.0 Å². The number of nitrogens with one attached hydrogen (secondary N) is 1. The Kier molecular flexibility index (Phi) is 7.58. The number of carboxylic acid groups (broad SMARTS) is 1. The van der Waals surface area contributed by atoms with Crippen LogP contribution < -0.4 is 5.32 Å². The van der Waals surface area contributed by atoms with Gasteiger partial charge in [-0.15, -0.1) is 0 Å². The molecule has 5 heteroatoms. The van der Waals surface area contributed by atoms with E-state index < -0.39 is 17.9 Å². The molecule has 1 amide bonds. The van der Waals surface area contributed by atoms with Gasteiger partial charge in [-0.05, 0) is 46.4 Å². The second-order valence-electron chi connectivity index (χ2n) is 8.47. The molecule has 0 saturated heterocycles. The number of phenolic OH excluding ortho intramolecular Hbond substituents is 1. The van der Waals surface area contributed by atoms with E-state index in [0.29, 0.717) is 6.42 Å². The highest BCUT2D eigenvalue weighted by Gasteiger charge is 2.28. The highest BCUT2D eigenvalue weighted by Crippen LogP contribution is 2.26. The van der Waals surface area contributed by atoms with Crippen LogP contribution in [0.25, 0.3) is 0 Å². The lowest BCUT2D eigenvalue weighted by molar-refractivity contribution is -0.141. The number of amides is 1. The van der Waals surface area contributed by atoms with E-state index in [2.05, 4.69) is 5.32 Å². The van der Waals surface area contributed by atoms with Crippen LogP contribution in [-0.4, -0.2) is 28.1 Å². The van der Waals surface area contributed by atoms with Crippen molar-refractivity contribution in [1.29, 1.82) is 0 Å². The van der Waals surface area contributed by atoms with Crippen LogP contribution >= 0.6 is 0 Å². The van der Waals surface area contributed by atoms with Crippen LogP contribution in [0.2, 0.25) is 0 Å². The lowest BCUT2D eigenvalue weighted by atomic mass is 9.89. The Morgan fingerprint density at radius 1 is 0.714 bits per heavy atom. The molecule has 1 atom stereocenters. The van der Waals surface area contributed by atoms with Gasteiger partial charge in [0.25, 0.3) is 0 Å². The zero-order chi connectivity index (χ0) is 24.6. The van der Waals surface area contributed by atoms with E-state index in [9.17, 15) is 19.8 Å². The first-order valence-corrected chi connectivity index (χ1v) is 11.5. The summed E-state index contributed by atoms with van der Waals surface area (Å²) >= 11 is 0. The first-order valence-electron chi connectivity index (χ1n) is 11.5. The molecule has 5 nitrogen and oxygen atoms in total. The van der Waals surface area contributed by atoms with Crippen LogP contribution in [-0.2, 0) is 22.4 Å². The molecule has 0 aliphatic carbocycles. The lowest BCUT2D eigenvalue weighted by Gasteiger charge is -2.22. The molecule has 0 aromatic heterocycles. The number of rotatable bonds is 9. The molecule has 0 heterocycles. The van der Waals surface area contributed by atoms with Crippen LogP contribution in [0.1, 0.15) is 33.7 Å². The van der Waals surface area contributed by atoms with E-state index in [1.165, 1.54) is 0 Å². The summed E-state index contributed by atoms with van der Waals surface area (Å²) in [5.74, 6) is -2.01. The second kappa shape index (κ2) is 11.2. The fourth-order valence-corrected chi connectivity index (χ4v) is 4.25. The average molecular weight is 466 g/mol. The van der Waals surface area contributed by atoms with E-state index in [1.54, 1.807) is 18.2 Å². The molecular formula is C30H27NO4. The SMILES string of the molecule is O=C(N[C@@H](Cc1ccc(O)cc1Cc1ccccc1)C(=O)O)C(c1ccccc1)c1ccccc1. The molecule has 4 rings (SSSR count). The third-order valence-electron chi connectivity index (χ3n) is 5.99. The van der Waals surface area contributed by atoms with Crippen molar-refractivity contribution in [3.8, 4) is 5.75 Å². The molecule has 4 aromatic carbocycles. The summed E-state index contributed by atoms with van der Waals surface area (Å²) in [4.78, 5) is 25.7. The number of phenols is 1. The summed E-state index contributed by atoms with van der Waals surface area (Å²) in [5.41, 5.74) is 4.20. The van der Waals surface area contributed by atoms with Crippen molar-refractivity contribution in [3.63, 3.8) is 0 Å². The van der Waals surface area contributed by atoms with Gasteiger partial charge in [-0.2, -0.15) is 0 Å². The van der Waals surface area contributed by atoms with E-state index in [4.69, 9.17) is 0 Å². The molecule has 0 radical (unpaired) electrons. The molecule has 0 fully saturated rings. The maximum Gasteiger partial charge on any atom is 0.326 e. The molecular weight excluding hydrogens is 438 g/mol. The predicted octanol–water partition coefficient (Wildman–Crippen LogP) is 4.93. The summed E-state index contributed by atoms with van der Waals surface area (Å²) in [6.45, 7) is 0. The van der Waals surface area contributed by atoms with Crippen molar-refractivity contribution < 1.29 is 19.8 Å². The molecule has 176 valence electrons. The highest BCUT2D eigenvalue weighted by atomic mass is 16.4. The normalized spacial score (nSPS) is 11.7. The number of aromatic hydroxyl groups is 1. The summed E-state index contributed by atoms with van der Waals surface area (Å²) in [7, 11) is 0. The van der Waals surface area contributed by atoms with Crippen molar-refractivity contribution in [2.75, 3.05) is 0 Å². The Morgan fingerprint density at radius 3 is 1.80 bits per heavy atom. The zero-order valence-electron chi connectivity index (χ0n) is 19.2. The van der Waals surface area contributed by atoms with E-state index in [0.717, 1.165) is 27.8 Å². The van der Waals surface area contributed by atoms with Gasteiger partial charge in [0.05, 0.1) is 5.92 Å². The maximum absolute atomic E-state index is 13.5. The number of carboxylic acids is 1. The number of hydrogen-bond donors (Lipinski definition) is 3. The van der Waals surface area contributed by atoms with Gasteiger partial charge in [-0.25, -0.2) is 4.79 Å². The van der Waals surface area contributed by atoms with Gasteiger partial charge in [-0.1, -0.05) is 97.1 Å². The summed E-state index contributed by atoms with van der Waals surface area (Å²) in [6.07, 6.45) is 0.640. The summed E-state index contributed by atoms with van der Waals surface area (Å²) < 4.78 is 0. The summed E-state index contributed by atoms with van der Waals surface area (Å²) in [6, 6.07) is 32.2. The maximum atomic E-state index is 13.5. The Labute approximate surface area is 204 Å². The Hall–Kier alpha value is -4.38. The van der Waals surface area contributed by atoms with E-state index >= 15 is 0 Å². The fraction of sp³-hybridized carbons (Fsp3) is 0.133. The smallest absolute Gasteiger partial charge is 0.326 e. The minimum absolute atomic E-state index is 0.0970. The Bertz CT molecular complexity index is 1230. The van der Waals surface area contributed by atoms with E-state index in [-0.39, 0.29) is 18.1 Å². The van der Waals surface area contributed by atoms with Crippen LogP contribution in [0.15, 0.2) is 109 Å². The van der Waals surface area contributed by atoms with Crippen molar-refractivity contribution >= 4 is 11.9 Å². The second-order valence-corrected chi connectivity index (χ2v) is 8.47. The lowest BCUT2D eigenvalue weighted by Crippen LogP contribution is -2.44. The fourth-order valence-electron chi connectivity index (χ4n) is 4.25. The van der Waals surface area contributed by atoms with Crippen LogP contribution in [0.3, 0.4) is 0 Å². The first kappa shape index (κ1) is 23.8. The molecule has 0 unspecified atom stereocenters. The molecule has 3 N–H and O–H groups in total. The molecule has 4 aromatic rings. The number of carbonyl (C=O) groups excluding carboxylic acids is 1. The third-order valence-corrected chi connectivity index (χ3v) is 5.99. The van der Waals surface area contributed by atoms with Gasteiger partial charge >= 0.3 is 5.97 Å². The zero-order valence-corrected chi connectivity index (χ0v) is 19.2. The monoisotopic (exact) mass is 465 g/mol. The number of aliphatic carboxylic acids is 1. The van der Waals surface area contributed by atoms with Crippen molar-refractivity contribution in [2.45, 2.75) is 24.8 Å². The largest absolute Gasteiger partial charge is 0.508 e. The van der Waals surface area contributed by atoms with Crippen LogP contribution in [0, 0.1) is 0 Å².